The molecule has 1 heterocycles. The van der Waals surface area contributed by atoms with E-state index < -0.39 is 5.91 Å². The fourth-order valence-electron chi connectivity index (χ4n) is 3.46. The van der Waals surface area contributed by atoms with Gasteiger partial charge in [-0.1, -0.05) is 63.3 Å². The number of unbranched alkanes of at least 4 members (excludes halogenated alkanes) is 5. The predicted molar refractivity (Wildman–Crippen MR) is 139 cm³/mol. The molecular formula is C28H30FN3O2S. The Balaban J connectivity index is 1.50. The highest BCUT2D eigenvalue weighted by Crippen LogP contribution is 2.22. The van der Waals surface area contributed by atoms with Gasteiger partial charge >= 0.3 is 0 Å². The summed E-state index contributed by atoms with van der Waals surface area (Å²) in [6.07, 6.45) is 11.1. The zero-order valence-electron chi connectivity index (χ0n) is 19.9. The third-order valence-corrected chi connectivity index (χ3v) is 6.30. The number of amides is 1. The van der Waals surface area contributed by atoms with Crippen molar-refractivity contribution in [3.63, 3.8) is 0 Å². The van der Waals surface area contributed by atoms with Crippen molar-refractivity contribution in [2.45, 2.75) is 51.9 Å². The molecule has 0 spiro atoms. The van der Waals surface area contributed by atoms with E-state index in [1.807, 2.05) is 30.3 Å². The average molecular weight is 492 g/mol. The highest BCUT2D eigenvalue weighted by atomic mass is 32.1. The minimum absolute atomic E-state index is 0.0129. The molecule has 0 bridgehead atoms. The van der Waals surface area contributed by atoms with Gasteiger partial charge in [-0.2, -0.15) is 5.26 Å². The van der Waals surface area contributed by atoms with Crippen LogP contribution in [0, 0.1) is 17.1 Å². The lowest BCUT2D eigenvalue weighted by atomic mass is 10.1. The second kappa shape index (κ2) is 14.0. The molecule has 0 fully saturated rings. The van der Waals surface area contributed by atoms with E-state index in [1.54, 1.807) is 24.4 Å². The Bertz CT molecular complexity index is 1150. The van der Waals surface area contributed by atoms with Gasteiger partial charge in [0.15, 0.2) is 5.13 Å². The van der Waals surface area contributed by atoms with E-state index in [1.165, 1.54) is 55.6 Å². The van der Waals surface area contributed by atoms with Crippen LogP contribution in [0.1, 0.15) is 61.5 Å². The number of benzene rings is 2. The largest absolute Gasteiger partial charge is 0.494 e. The summed E-state index contributed by atoms with van der Waals surface area (Å²) in [7, 11) is 0. The summed E-state index contributed by atoms with van der Waals surface area (Å²) >= 11 is 1.32. The zero-order valence-corrected chi connectivity index (χ0v) is 20.7. The van der Waals surface area contributed by atoms with E-state index in [2.05, 4.69) is 17.2 Å². The van der Waals surface area contributed by atoms with E-state index in [0.717, 1.165) is 28.2 Å². The number of halogens is 1. The Morgan fingerprint density at radius 1 is 1.09 bits per heavy atom. The molecule has 5 nitrogen and oxygen atoms in total. The summed E-state index contributed by atoms with van der Waals surface area (Å²) in [5.74, 6) is -0.0223. The first-order chi connectivity index (χ1) is 17.1. The molecule has 0 saturated heterocycles. The SMILES string of the molecule is CCCCCCCCOc1ccc(/C=C(\C#N)C(=O)Nc2ncc(Cc3ccc(F)cc3)s2)cc1. The highest BCUT2D eigenvalue weighted by Gasteiger charge is 2.12. The molecule has 0 unspecified atom stereocenters. The van der Waals surface area contributed by atoms with Gasteiger partial charge in [0.05, 0.1) is 6.61 Å². The Morgan fingerprint density at radius 2 is 1.80 bits per heavy atom. The lowest BCUT2D eigenvalue weighted by Crippen LogP contribution is -2.13. The molecule has 1 amide bonds. The van der Waals surface area contributed by atoms with Gasteiger partial charge in [-0.15, -0.1) is 11.3 Å². The van der Waals surface area contributed by atoms with Crippen LogP contribution in [-0.4, -0.2) is 17.5 Å². The highest BCUT2D eigenvalue weighted by molar-refractivity contribution is 7.15. The van der Waals surface area contributed by atoms with Gasteiger partial charge in [0.2, 0.25) is 0 Å². The molecule has 0 radical (unpaired) electrons. The van der Waals surface area contributed by atoms with Crippen LogP contribution in [0.4, 0.5) is 9.52 Å². The number of carbonyl (C=O) groups is 1. The van der Waals surface area contributed by atoms with Crippen LogP contribution >= 0.6 is 11.3 Å². The number of hydrogen-bond donors (Lipinski definition) is 1. The molecule has 182 valence electrons. The molecule has 1 aromatic heterocycles. The average Bonchev–Trinajstić information content (AvgIpc) is 3.30. The maximum absolute atomic E-state index is 13.1. The topological polar surface area (TPSA) is 75.0 Å². The molecule has 1 N–H and O–H groups in total. The van der Waals surface area contributed by atoms with Crippen molar-refractivity contribution in [3.05, 3.63) is 82.1 Å². The molecule has 3 aromatic rings. The number of anilines is 1. The van der Waals surface area contributed by atoms with Gasteiger partial charge in [-0.3, -0.25) is 10.1 Å². The van der Waals surface area contributed by atoms with Crippen molar-refractivity contribution in [1.29, 1.82) is 5.26 Å². The second-order valence-corrected chi connectivity index (χ2v) is 9.36. The molecule has 0 aliphatic rings. The summed E-state index contributed by atoms with van der Waals surface area (Å²) in [4.78, 5) is 17.7. The molecule has 2 aromatic carbocycles. The normalized spacial score (nSPS) is 11.2. The molecule has 7 heteroatoms. The molecule has 0 saturated carbocycles. The lowest BCUT2D eigenvalue weighted by molar-refractivity contribution is -0.112. The van der Waals surface area contributed by atoms with Crippen molar-refractivity contribution >= 4 is 28.5 Å². The van der Waals surface area contributed by atoms with Gasteiger partial charge in [0.25, 0.3) is 5.91 Å². The first kappa shape index (κ1) is 26.1. The number of rotatable bonds is 13. The van der Waals surface area contributed by atoms with Crippen LogP contribution in [0.3, 0.4) is 0 Å². The van der Waals surface area contributed by atoms with E-state index in [4.69, 9.17) is 4.74 Å². The third kappa shape index (κ3) is 8.99. The molecule has 35 heavy (non-hydrogen) atoms. The van der Waals surface area contributed by atoms with Gasteiger partial charge in [0.1, 0.15) is 23.2 Å². The minimum Gasteiger partial charge on any atom is -0.494 e. The van der Waals surface area contributed by atoms with Crippen LogP contribution < -0.4 is 10.1 Å². The van der Waals surface area contributed by atoms with Crippen LogP contribution in [0.15, 0.2) is 60.3 Å². The molecule has 0 atom stereocenters. The number of nitrogens with zero attached hydrogens (tertiary/aromatic N) is 2. The van der Waals surface area contributed by atoms with Crippen molar-refractivity contribution in [2.75, 3.05) is 11.9 Å². The number of carbonyl (C=O) groups excluding carboxylic acids is 1. The first-order valence-corrected chi connectivity index (χ1v) is 12.7. The third-order valence-electron chi connectivity index (χ3n) is 5.39. The molecular weight excluding hydrogens is 461 g/mol. The van der Waals surface area contributed by atoms with Crippen LogP contribution in [0.5, 0.6) is 5.75 Å². The van der Waals surface area contributed by atoms with Crippen LogP contribution in [0.2, 0.25) is 0 Å². The molecule has 3 rings (SSSR count). The van der Waals surface area contributed by atoms with Crippen molar-refractivity contribution in [3.8, 4) is 11.8 Å². The van der Waals surface area contributed by atoms with E-state index in [-0.39, 0.29) is 11.4 Å². The fraction of sp³-hybridized carbons (Fsp3) is 0.321. The van der Waals surface area contributed by atoms with E-state index >= 15 is 0 Å². The lowest BCUT2D eigenvalue weighted by Gasteiger charge is -2.06. The maximum atomic E-state index is 13.1. The first-order valence-electron chi connectivity index (χ1n) is 11.9. The summed E-state index contributed by atoms with van der Waals surface area (Å²) < 4.78 is 18.9. The van der Waals surface area contributed by atoms with Gasteiger partial charge in [-0.25, -0.2) is 9.37 Å². The van der Waals surface area contributed by atoms with Crippen molar-refractivity contribution < 1.29 is 13.9 Å². The quantitative estimate of drug-likeness (QED) is 0.156. The number of nitrogens with one attached hydrogen (secondary N) is 1. The smallest absolute Gasteiger partial charge is 0.268 e. The van der Waals surface area contributed by atoms with Crippen LogP contribution in [0.25, 0.3) is 6.08 Å². The van der Waals surface area contributed by atoms with Gasteiger partial charge < -0.3 is 4.74 Å². The van der Waals surface area contributed by atoms with E-state index in [9.17, 15) is 14.4 Å². The predicted octanol–water partition coefficient (Wildman–Crippen LogP) is 7.16. The Hall–Kier alpha value is -3.50. The number of hydrogen-bond acceptors (Lipinski definition) is 5. The molecule has 0 aliphatic heterocycles. The van der Waals surface area contributed by atoms with Crippen molar-refractivity contribution in [1.82, 2.24) is 4.98 Å². The number of ether oxygens (including phenoxy) is 1. The van der Waals surface area contributed by atoms with Gasteiger partial charge in [-0.05, 0) is 47.9 Å². The number of thiazole rings is 1. The standard InChI is InChI=1S/C28H30FN3O2S/c1-2-3-4-5-6-7-16-34-25-14-10-21(11-15-25)17-23(19-30)27(33)32-28-31-20-26(35-28)18-22-8-12-24(29)13-9-22/h8-15,17,20H,2-7,16,18H2,1H3,(H,31,32,33)/b23-17+. The monoisotopic (exact) mass is 491 g/mol. The Kier molecular flexibility index (Phi) is 10.5. The number of nitriles is 1. The summed E-state index contributed by atoms with van der Waals surface area (Å²) in [5.41, 5.74) is 1.67. The fourth-order valence-corrected chi connectivity index (χ4v) is 4.30. The summed E-state index contributed by atoms with van der Waals surface area (Å²) in [6, 6.07) is 15.6. The van der Waals surface area contributed by atoms with Crippen LogP contribution in [-0.2, 0) is 11.2 Å². The summed E-state index contributed by atoms with van der Waals surface area (Å²) in [5, 5.41) is 12.6. The minimum atomic E-state index is -0.515. The zero-order chi connectivity index (χ0) is 24.9. The van der Waals surface area contributed by atoms with Gasteiger partial charge in [0, 0.05) is 17.5 Å². The Labute approximate surface area is 210 Å². The second-order valence-electron chi connectivity index (χ2n) is 8.24. The summed E-state index contributed by atoms with van der Waals surface area (Å²) in [6.45, 7) is 2.90. The van der Waals surface area contributed by atoms with E-state index in [0.29, 0.717) is 18.2 Å². The number of aromatic nitrogens is 1. The Morgan fingerprint density at radius 3 is 2.51 bits per heavy atom. The molecule has 0 aliphatic carbocycles. The maximum Gasteiger partial charge on any atom is 0.268 e. The van der Waals surface area contributed by atoms with Crippen molar-refractivity contribution in [2.24, 2.45) is 0 Å².